The van der Waals surface area contributed by atoms with Crippen LogP contribution in [-0.2, 0) is 10.0 Å². The standard InChI is InChI=1S/C19H22N2O4SSi/c1-15-14-19(21(22)23)11-12-20(18(19)17(15)10-13-27(2,3)4)26(24,25)16-8-6-5-7-9-16/h5-9,11-12,17-18H,1,14H2,2-4H3/t17-,18+,19+/m1/s1. The molecule has 1 heterocycles. The molecule has 0 spiro atoms. The van der Waals surface area contributed by atoms with Crippen molar-refractivity contribution in [3.63, 3.8) is 0 Å². The fourth-order valence-electron chi connectivity index (χ4n) is 3.56. The summed E-state index contributed by atoms with van der Waals surface area (Å²) in [5, 5.41) is 12.0. The van der Waals surface area contributed by atoms with Crippen molar-refractivity contribution < 1.29 is 13.3 Å². The Morgan fingerprint density at radius 3 is 2.48 bits per heavy atom. The third-order valence-corrected chi connectivity index (χ3v) is 7.49. The Hall–Kier alpha value is -2.37. The Bertz CT molecular complexity index is 986. The highest BCUT2D eigenvalue weighted by Crippen LogP contribution is 2.49. The number of hydrogen-bond donors (Lipinski definition) is 0. The van der Waals surface area contributed by atoms with Crippen LogP contribution in [-0.4, -0.2) is 37.3 Å². The van der Waals surface area contributed by atoms with Crippen molar-refractivity contribution in [3.8, 4) is 11.5 Å². The first-order chi connectivity index (χ1) is 12.5. The van der Waals surface area contributed by atoms with Crippen LogP contribution in [0.2, 0.25) is 19.6 Å². The molecule has 142 valence electrons. The molecule has 1 saturated carbocycles. The second kappa shape index (κ2) is 6.36. The van der Waals surface area contributed by atoms with Gasteiger partial charge in [-0.25, -0.2) is 8.42 Å². The minimum absolute atomic E-state index is 0.0903. The lowest BCUT2D eigenvalue weighted by atomic mass is 9.93. The number of nitro groups is 1. The predicted molar refractivity (Wildman–Crippen MR) is 106 cm³/mol. The van der Waals surface area contributed by atoms with E-state index in [4.69, 9.17) is 0 Å². The van der Waals surface area contributed by atoms with Crippen LogP contribution in [0.3, 0.4) is 0 Å². The van der Waals surface area contributed by atoms with Crippen LogP contribution >= 0.6 is 0 Å². The molecule has 0 bridgehead atoms. The summed E-state index contributed by atoms with van der Waals surface area (Å²) in [6.45, 7) is 10.2. The second-order valence-corrected chi connectivity index (χ2v) is 14.6. The van der Waals surface area contributed by atoms with E-state index in [1.54, 1.807) is 18.2 Å². The molecule has 0 N–H and O–H groups in total. The molecule has 3 rings (SSSR count). The lowest BCUT2D eigenvalue weighted by Crippen LogP contribution is -2.50. The smallest absolute Gasteiger partial charge is 0.264 e. The molecule has 0 radical (unpaired) electrons. The maximum absolute atomic E-state index is 13.2. The van der Waals surface area contributed by atoms with E-state index in [0.717, 1.165) is 4.31 Å². The van der Waals surface area contributed by atoms with Gasteiger partial charge in [0.15, 0.2) is 0 Å². The topological polar surface area (TPSA) is 80.5 Å². The Balaban J connectivity index is 2.12. The van der Waals surface area contributed by atoms with Gasteiger partial charge in [0.1, 0.15) is 14.1 Å². The molecule has 8 heteroatoms. The van der Waals surface area contributed by atoms with Crippen molar-refractivity contribution in [2.24, 2.45) is 5.92 Å². The Kier molecular flexibility index (Phi) is 4.56. The third kappa shape index (κ3) is 3.22. The van der Waals surface area contributed by atoms with Gasteiger partial charge in [0.2, 0.25) is 0 Å². The monoisotopic (exact) mass is 402 g/mol. The van der Waals surface area contributed by atoms with Gasteiger partial charge in [-0.3, -0.25) is 14.4 Å². The molecule has 3 atom stereocenters. The summed E-state index contributed by atoms with van der Waals surface area (Å²) in [6, 6.07) is 7.03. The van der Waals surface area contributed by atoms with Crippen molar-refractivity contribution in [1.29, 1.82) is 0 Å². The molecular weight excluding hydrogens is 380 g/mol. The summed E-state index contributed by atoms with van der Waals surface area (Å²) in [5.41, 5.74) is 2.33. The lowest BCUT2D eigenvalue weighted by molar-refractivity contribution is -0.556. The number of rotatable bonds is 3. The number of sulfonamides is 1. The largest absolute Gasteiger partial charge is 0.268 e. The van der Waals surface area contributed by atoms with E-state index >= 15 is 0 Å². The highest BCUT2D eigenvalue weighted by molar-refractivity contribution is 7.89. The van der Waals surface area contributed by atoms with Crippen LogP contribution in [0.5, 0.6) is 0 Å². The summed E-state index contributed by atoms with van der Waals surface area (Å²) in [5.74, 6) is 2.56. The van der Waals surface area contributed by atoms with E-state index in [-0.39, 0.29) is 11.3 Å². The average Bonchev–Trinajstić information content (AvgIpc) is 3.08. The van der Waals surface area contributed by atoms with E-state index in [0.29, 0.717) is 5.57 Å². The molecule has 0 saturated heterocycles. The quantitative estimate of drug-likeness (QED) is 0.256. The molecule has 1 fully saturated rings. The number of benzene rings is 1. The summed E-state index contributed by atoms with van der Waals surface area (Å²) in [4.78, 5) is 11.7. The van der Waals surface area contributed by atoms with Gasteiger partial charge in [-0.15, -0.1) is 11.5 Å². The van der Waals surface area contributed by atoms with E-state index in [2.05, 4.69) is 37.7 Å². The summed E-state index contributed by atoms with van der Waals surface area (Å²) < 4.78 is 27.5. The van der Waals surface area contributed by atoms with Gasteiger partial charge in [0, 0.05) is 23.6 Å². The summed E-state index contributed by atoms with van der Waals surface area (Å²) in [6.07, 6.45) is 2.80. The van der Waals surface area contributed by atoms with Crippen LogP contribution in [0.1, 0.15) is 6.42 Å². The minimum atomic E-state index is -3.93. The third-order valence-electron chi connectivity index (χ3n) is 4.82. The molecule has 0 amide bonds. The maximum Gasteiger partial charge on any atom is 0.268 e. The van der Waals surface area contributed by atoms with Crippen molar-refractivity contribution >= 4 is 18.1 Å². The second-order valence-electron chi connectivity index (χ2n) is 7.99. The maximum atomic E-state index is 13.2. The van der Waals surface area contributed by atoms with E-state index in [1.807, 2.05) is 0 Å². The molecule has 27 heavy (non-hydrogen) atoms. The van der Waals surface area contributed by atoms with Crippen molar-refractivity contribution in [3.05, 3.63) is 64.9 Å². The molecule has 6 nitrogen and oxygen atoms in total. The van der Waals surface area contributed by atoms with Crippen LogP contribution in [0.4, 0.5) is 0 Å². The number of nitrogens with zero attached hydrogens (tertiary/aromatic N) is 2. The van der Waals surface area contributed by atoms with Crippen LogP contribution in [0.15, 0.2) is 59.7 Å². The zero-order valence-electron chi connectivity index (χ0n) is 15.5. The zero-order chi connectivity index (χ0) is 20.0. The van der Waals surface area contributed by atoms with E-state index in [9.17, 15) is 18.5 Å². The van der Waals surface area contributed by atoms with E-state index in [1.165, 1.54) is 24.4 Å². The van der Waals surface area contributed by atoms with Gasteiger partial charge in [0.25, 0.3) is 15.6 Å². The molecule has 2 aliphatic rings. The van der Waals surface area contributed by atoms with E-state index < -0.39 is 40.5 Å². The fourth-order valence-corrected chi connectivity index (χ4v) is 5.72. The van der Waals surface area contributed by atoms with Gasteiger partial charge in [-0.05, 0) is 12.1 Å². The van der Waals surface area contributed by atoms with Gasteiger partial charge >= 0.3 is 0 Å². The van der Waals surface area contributed by atoms with Crippen LogP contribution in [0.25, 0.3) is 0 Å². The number of hydrogen-bond acceptors (Lipinski definition) is 4. The highest BCUT2D eigenvalue weighted by Gasteiger charge is 2.65. The Morgan fingerprint density at radius 2 is 1.93 bits per heavy atom. The van der Waals surface area contributed by atoms with Crippen molar-refractivity contribution in [2.45, 2.75) is 42.5 Å². The van der Waals surface area contributed by atoms with Crippen molar-refractivity contribution in [2.75, 3.05) is 0 Å². The van der Waals surface area contributed by atoms with Crippen molar-refractivity contribution in [1.82, 2.24) is 4.31 Å². The van der Waals surface area contributed by atoms with Gasteiger partial charge < -0.3 is 0 Å². The molecule has 1 aromatic carbocycles. The fraction of sp³-hybridized carbons (Fsp3) is 0.368. The lowest BCUT2D eigenvalue weighted by Gasteiger charge is -2.29. The van der Waals surface area contributed by atoms with Crippen LogP contribution in [0, 0.1) is 27.5 Å². The average molecular weight is 403 g/mol. The normalized spacial score (nSPS) is 27.2. The molecule has 0 aromatic heterocycles. The SMILES string of the molecule is C=C1C[C@@]2([N+](=O)[O-])C=CN(S(=O)(=O)c3ccccc3)[C@H]2[C@@H]1C#C[Si](C)(C)C. The van der Waals surface area contributed by atoms with Gasteiger partial charge in [-0.2, -0.15) is 0 Å². The Morgan fingerprint density at radius 1 is 1.30 bits per heavy atom. The zero-order valence-corrected chi connectivity index (χ0v) is 17.4. The highest BCUT2D eigenvalue weighted by atomic mass is 32.2. The molecular formula is C19H22N2O4SSi. The summed E-state index contributed by atoms with van der Waals surface area (Å²) >= 11 is 0. The summed E-state index contributed by atoms with van der Waals surface area (Å²) in [7, 11) is -5.67. The Labute approximate surface area is 160 Å². The van der Waals surface area contributed by atoms with Crippen LogP contribution < -0.4 is 0 Å². The first-order valence-electron chi connectivity index (χ1n) is 8.62. The first kappa shape index (κ1) is 19.4. The predicted octanol–water partition coefficient (Wildman–Crippen LogP) is 3.05. The molecule has 1 aliphatic heterocycles. The first-order valence-corrected chi connectivity index (χ1v) is 13.6. The molecule has 1 aromatic rings. The number of fused-ring (bicyclic) bond motifs is 1. The molecule has 1 aliphatic carbocycles. The molecule has 0 unspecified atom stereocenters. The van der Waals surface area contributed by atoms with Gasteiger partial charge in [0.05, 0.1) is 10.8 Å². The van der Waals surface area contributed by atoms with Gasteiger partial charge in [-0.1, -0.05) is 50.0 Å². The minimum Gasteiger partial charge on any atom is -0.264 e.